The highest BCUT2D eigenvalue weighted by molar-refractivity contribution is 7.80. The number of likely N-dealkylation sites (N-methyl/N-ethyl adjacent to an activating group) is 1. The molecule has 0 fully saturated rings. The van der Waals surface area contributed by atoms with E-state index >= 15 is 0 Å². The molecule has 0 saturated carbocycles. The van der Waals surface area contributed by atoms with E-state index in [1.54, 1.807) is 0 Å². The Balaban J connectivity index is 3.02. The highest BCUT2D eigenvalue weighted by Gasteiger charge is 2.14. The summed E-state index contributed by atoms with van der Waals surface area (Å²) < 4.78 is 5.35. The monoisotopic (exact) mass is 267 g/mol. The maximum absolute atomic E-state index is 5.79. The first kappa shape index (κ1) is 14.9. The zero-order valence-corrected chi connectivity index (χ0v) is 12.3. The van der Waals surface area contributed by atoms with Crippen LogP contribution in [-0.4, -0.2) is 36.8 Å². The molecular formula is C13H21N3OS. The van der Waals surface area contributed by atoms with Gasteiger partial charge < -0.3 is 15.4 Å². The van der Waals surface area contributed by atoms with Crippen LogP contribution in [0.25, 0.3) is 0 Å². The van der Waals surface area contributed by atoms with Crippen LogP contribution in [0.5, 0.6) is 0 Å². The van der Waals surface area contributed by atoms with Crippen LogP contribution < -0.4 is 10.6 Å². The molecule has 1 aromatic rings. The molecule has 0 aliphatic rings. The Morgan fingerprint density at radius 1 is 1.50 bits per heavy atom. The molecular weight excluding hydrogens is 246 g/mol. The molecule has 2 N–H and O–H groups in total. The Labute approximate surface area is 114 Å². The van der Waals surface area contributed by atoms with Gasteiger partial charge in [-0.1, -0.05) is 12.2 Å². The van der Waals surface area contributed by atoms with Crippen LogP contribution in [0, 0.1) is 13.8 Å². The molecule has 0 aliphatic heterocycles. The molecule has 0 spiro atoms. The van der Waals surface area contributed by atoms with Crippen LogP contribution in [0.1, 0.15) is 23.7 Å². The number of hydrogen-bond donors (Lipinski definition) is 1. The van der Waals surface area contributed by atoms with Crippen molar-refractivity contribution in [3.8, 4) is 0 Å². The Morgan fingerprint density at radius 3 is 2.72 bits per heavy atom. The predicted octanol–water partition coefficient (Wildman–Crippen LogP) is 1.81. The molecule has 18 heavy (non-hydrogen) atoms. The van der Waals surface area contributed by atoms with Crippen LogP contribution in [0.2, 0.25) is 0 Å². The number of rotatable bonds is 6. The van der Waals surface area contributed by atoms with E-state index in [-0.39, 0.29) is 0 Å². The van der Waals surface area contributed by atoms with Crippen LogP contribution in [0.3, 0.4) is 0 Å². The topological polar surface area (TPSA) is 51.4 Å². The largest absolute Gasteiger partial charge is 0.389 e. The Hall–Kier alpha value is -1.20. The van der Waals surface area contributed by atoms with E-state index in [4.69, 9.17) is 22.7 Å². The lowest BCUT2D eigenvalue weighted by molar-refractivity contribution is 0.154. The van der Waals surface area contributed by atoms with E-state index < -0.39 is 0 Å². The summed E-state index contributed by atoms with van der Waals surface area (Å²) in [4.78, 5) is 6.96. The second-order valence-electron chi connectivity index (χ2n) is 4.26. The lowest BCUT2D eigenvalue weighted by Crippen LogP contribution is -2.27. The maximum Gasteiger partial charge on any atom is 0.139 e. The number of thiocarbonyl (C=S) groups is 1. The van der Waals surface area contributed by atoms with Crippen molar-refractivity contribution in [2.24, 2.45) is 5.73 Å². The molecule has 1 aromatic heterocycles. The molecule has 0 bridgehead atoms. The van der Waals surface area contributed by atoms with E-state index in [1.165, 1.54) is 0 Å². The first-order valence-corrected chi connectivity index (χ1v) is 6.45. The highest BCUT2D eigenvalue weighted by atomic mass is 32.1. The van der Waals surface area contributed by atoms with E-state index in [9.17, 15) is 0 Å². The molecule has 100 valence electrons. The van der Waals surface area contributed by atoms with Gasteiger partial charge in [0.05, 0.1) is 12.2 Å². The number of aromatic nitrogens is 1. The van der Waals surface area contributed by atoms with E-state index in [0.29, 0.717) is 11.6 Å². The van der Waals surface area contributed by atoms with Crippen molar-refractivity contribution in [1.29, 1.82) is 0 Å². The molecule has 1 heterocycles. The lowest BCUT2D eigenvalue weighted by Gasteiger charge is -2.22. The normalized spacial score (nSPS) is 10.4. The second kappa shape index (κ2) is 6.66. The average molecular weight is 267 g/mol. The summed E-state index contributed by atoms with van der Waals surface area (Å²) in [6.45, 7) is 8.10. The van der Waals surface area contributed by atoms with Gasteiger partial charge in [0, 0.05) is 25.9 Å². The predicted molar refractivity (Wildman–Crippen MR) is 79.4 cm³/mol. The fraction of sp³-hybridized carbons (Fsp3) is 0.538. The van der Waals surface area contributed by atoms with Crippen LogP contribution in [0.4, 0.5) is 5.82 Å². The van der Waals surface area contributed by atoms with Gasteiger partial charge in [0.25, 0.3) is 0 Å². The summed E-state index contributed by atoms with van der Waals surface area (Å²) in [6, 6.07) is 1.99. The van der Waals surface area contributed by atoms with Crippen molar-refractivity contribution < 1.29 is 4.74 Å². The quantitative estimate of drug-likeness (QED) is 0.629. The van der Waals surface area contributed by atoms with Crippen molar-refractivity contribution in [3.63, 3.8) is 0 Å². The Kier molecular flexibility index (Phi) is 5.50. The Bertz CT molecular complexity index is 434. The van der Waals surface area contributed by atoms with Crippen LogP contribution in [0.15, 0.2) is 6.07 Å². The third kappa shape index (κ3) is 3.65. The number of pyridine rings is 1. The lowest BCUT2D eigenvalue weighted by atomic mass is 10.1. The van der Waals surface area contributed by atoms with Crippen molar-refractivity contribution in [2.45, 2.75) is 20.8 Å². The zero-order chi connectivity index (χ0) is 13.7. The van der Waals surface area contributed by atoms with E-state index in [2.05, 4.69) is 4.98 Å². The molecule has 0 amide bonds. The first-order valence-electron chi connectivity index (χ1n) is 6.04. The van der Waals surface area contributed by atoms with Crippen molar-refractivity contribution in [1.82, 2.24) is 4.98 Å². The molecule has 0 saturated heterocycles. The third-order valence-electron chi connectivity index (χ3n) is 2.71. The fourth-order valence-corrected chi connectivity index (χ4v) is 2.10. The van der Waals surface area contributed by atoms with Gasteiger partial charge in [-0.25, -0.2) is 4.98 Å². The van der Waals surface area contributed by atoms with Gasteiger partial charge in [-0.3, -0.25) is 0 Å². The summed E-state index contributed by atoms with van der Waals surface area (Å²) >= 11 is 5.11. The zero-order valence-electron chi connectivity index (χ0n) is 11.5. The summed E-state index contributed by atoms with van der Waals surface area (Å²) in [7, 11) is 1.97. The molecule has 0 atom stereocenters. The molecule has 0 aromatic carbocycles. The van der Waals surface area contributed by atoms with Gasteiger partial charge in [0.1, 0.15) is 10.8 Å². The molecule has 5 heteroatoms. The van der Waals surface area contributed by atoms with Gasteiger partial charge in [-0.15, -0.1) is 0 Å². The van der Waals surface area contributed by atoms with Gasteiger partial charge in [-0.2, -0.15) is 0 Å². The summed E-state index contributed by atoms with van der Waals surface area (Å²) in [5.74, 6) is 0.833. The number of aryl methyl sites for hydroxylation is 2. The van der Waals surface area contributed by atoms with Crippen molar-refractivity contribution in [2.75, 3.05) is 31.7 Å². The van der Waals surface area contributed by atoms with Crippen LogP contribution in [-0.2, 0) is 4.74 Å². The SMILES string of the molecule is CCOCCN(C)c1nc(C)cc(C)c1C(N)=S. The second-order valence-corrected chi connectivity index (χ2v) is 4.70. The standard InChI is InChI=1S/C13H21N3OS/c1-5-17-7-6-16(4)13-11(12(14)18)9(2)8-10(3)15-13/h8H,5-7H2,1-4H3,(H2,14,18). The van der Waals surface area contributed by atoms with Gasteiger partial charge in [0.2, 0.25) is 0 Å². The first-order chi connectivity index (χ1) is 8.47. The smallest absolute Gasteiger partial charge is 0.139 e. The molecule has 4 nitrogen and oxygen atoms in total. The van der Waals surface area contributed by atoms with E-state index in [0.717, 1.165) is 35.8 Å². The minimum absolute atomic E-state index is 0.387. The maximum atomic E-state index is 5.79. The summed E-state index contributed by atoms with van der Waals surface area (Å²) in [6.07, 6.45) is 0. The minimum atomic E-state index is 0.387. The average Bonchev–Trinajstić information content (AvgIpc) is 2.27. The third-order valence-corrected chi connectivity index (χ3v) is 2.91. The van der Waals surface area contributed by atoms with Gasteiger partial charge in [-0.05, 0) is 32.4 Å². The summed E-state index contributed by atoms with van der Waals surface area (Å²) in [5, 5.41) is 0. The molecule has 0 unspecified atom stereocenters. The number of ether oxygens (including phenoxy) is 1. The number of nitrogens with zero attached hydrogens (tertiary/aromatic N) is 2. The number of nitrogens with two attached hydrogens (primary N) is 1. The van der Waals surface area contributed by atoms with E-state index in [1.807, 2.05) is 38.8 Å². The van der Waals surface area contributed by atoms with Crippen molar-refractivity contribution in [3.05, 3.63) is 22.9 Å². The molecule has 0 aliphatic carbocycles. The van der Waals surface area contributed by atoms with Crippen molar-refractivity contribution >= 4 is 23.0 Å². The van der Waals surface area contributed by atoms with Gasteiger partial charge in [0.15, 0.2) is 0 Å². The summed E-state index contributed by atoms with van der Waals surface area (Å²) in [5.41, 5.74) is 8.67. The Morgan fingerprint density at radius 2 is 2.17 bits per heavy atom. The molecule has 0 radical (unpaired) electrons. The molecule has 1 rings (SSSR count). The highest BCUT2D eigenvalue weighted by Crippen LogP contribution is 2.21. The number of anilines is 1. The van der Waals surface area contributed by atoms with Gasteiger partial charge >= 0.3 is 0 Å². The fourth-order valence-electron chi connectivity index (χ4n) is 1.85. The minimum Gasteiger partial charge on any atom is -0.389 e. The number of hydrogen-bond acceptors (Lipinski definition) is 4. The van der Waals surface area contributed by atoms with Crippen LogP contribution >= 0.6 is 12.2 Å².